The van der Waals surface area contributed by atoms with E-state index in [2.05, 4.69) is 10.3 Å². The van der Waals surface area contributed by atoms with Gasteiger partial charge in [0.25, 0.3) is 5.91 Å². The highest BCUT2D eigenvalue weighted by Gasteiger charge is 2.39. The molecule has 0 bridgehead atoms. The Bertz CT molecular complexity index is 564. The SMILES string of the molecule is Cc1[nH]c(C(=O)O)c(C)c1C(=O)NC1(C)CCOC1C. The van der Waals surface area contributed by atoms with E-state index in [0.717, 1.165) is 6.42 Å². The van der Waals surface area contributed by atoms with E-state index in [1.165, 1.54) is 0 Å². The number of aryl methyl sites for hydroxylation is 1. The highest BCUT2D eigenvalue weighted by molar-refractivity contribution is 6.01. The molecule has 1 aromatic heterocycles. The number of ether oxygens (including phenoxy) is 1. The first-order valence-electron chi connectivity index (χ1n) is 6.63. The van der Waals surface area contributed by atoms with Crippen LogP contribution < -0.4 is 5.32 Å². The van der Waals surface area contributed by atoms with Gasteiger partial charge in [0.15, 0.2) is 0 Å². The van der Waals surface area contributed by atoms with Crippen LogP contribution in [0.3, 0.4) is 0 Å². The summed E-state index contributed by atoms with van der Waals surface area (Å²) in [6, 6.07) is 0. The number of rotatable bonds is 3. The first-order chi connectivity index (χ1) is 9.26. The number of aromatic carboxylic acids is 1. The van der Waals surface area contributed by atoms with E-state index in [1.807, 2.05) is 13.8 Å². The Morgan fingerprint density at radius 3 is 2.55 bits per heavy atom. The van der Waals surface area contributed by atoms with Crippen LogP contribution in [0.4, 0.5) is 0 Å². The van der Waals surface area contributed by atoms with E-state index in [4.69, 9.17) is 9.84 Å². The van der Waals surface area contributed by atoms with Crippen molar-refractivity contribution in [1.82, 2.24) is 10.3 Å². The van der Waals surface area contributed by atoms with Gasteiger partial charge in [-0.1, -0.05) is 0 Å². The summed E-state index contributed by atoms with van der Waals surface area (Å²) in [7, 11) is 0. The second kappa shape index (κ2) is 4.94. The molecule has 1 saturated heterocycles. The number of hydrogen-bond donors (Lipinski definition) is 3. The molecule has 0 aromatic carbocycles. The molecule has 1 aromatic rings. The highest BCUT2D eigenvalue weighted by atomic mass is 16.5. The lowest BCUT2D eigenvalue weighted by molar-refractivity contribution is 0.0690. The van der Waals surface area contributed by atoms with Crippen molar-refractivity contribution < 1.29 is 19.4 Å². The molecule has 2 rings (SSSR count). The van der Waals surface area contributed by atoms with Gasteiger partial charge in [-0.3, -0.25) is 4.79 Å². The van der Waals surface area contributed by atoms with E-state index >= 15 is 0 Å². The molecule has 0 radical (unpaired) electrons. The average molecular weight is 280 g/mol. The third-order valence-corrected chi connectivity index (χ3v) is 4.16. The minimum atomic E-state index is -1.06. The van der Waals surface area contributed by atoms with Crippen molar-refractivity contribution in [1.29, 1.82) is 0 Å². The zero-order valence-corrected chi connectivity index (χ0v) is 12.2. The molecule has 0 spiro atoms. The van der Waals surface area contributed by atoms with Crippen LogP contribution in [-0.2, 0) is 4.74 Å². The zero-order chi connectivity index (χ0) is 15.1. The number of H-pyrrole nitrogens is 1. The summed E-state index contributed by atoms with van der Waals surface area (Å²) in [5, 5.41) is 12.1. The first-order valence-corrected chi connectivity index (χ1v) is 6.63. The van der Waals surface area contributed by atoms with Gasteiger partial charge in [0.1, 0.15) is 5.69 Å². The van der Waals surface area contributed by atoms with Crippen LogP contribution in [0.5, 0.6) is 0 Å². The predicted molar refractivity (Wildman–Crippen MR) is 73.1 cm³/mol. The van der Waals surface area contributed by atoms with Gasteiger partial charge in [-0.2, -0.15) is 0 Å². The number of carboxylic acids is 1. The Balaban J connectivity index is 2.28. The summed E-state index contributed by atoms with van der Waals surface area (Å²) in [4.78, 5) is 26.3. The number of hydrogen-bond acceptors (Lipinski definition) is 3. The van der Waals surface area contributed by atoms with E-state index in [9.17, 15) is 9.59 Å². The van der Waals surface area contributed by atoms with Crippen molar-refractivity contribution in [2.45, 2.75) is 45.8 Å². The molecule has 2 atom stereocenters. The summed E-state index contributed by atoms with van der Waals surface area (Å²) >= 11 is 0. The molecule has 1 fully saturated rings. The summed E-state index contributed by atoms with van der Waals surface area (Å²) in [6.45, 7) is 7.82. The van der Waals surface area contributed by atoms with E-state index in [1.54, 1.807) is 13.8 Å². The van der Waals surface area contributed by atoms with E-state index in [0.29, 0.717) is 23.4 Å². The molecular weight excluding hydrogens is 260 g/mol. The molecule has 6 nitrogen and oxygen atoms in total. The molecule has 1 aliphatic rings. The molecule has 2 unspecified atom stereocenters. The van der Waals surface area contributed by atoms with Crippen molar-refractivity contribution in [2.75, 3.05) is 6.61 Å². The Labute approximate surface area is 117 Å². The Morgan fingerprint density at radius 1 is 1.45 bits per heavy atom. The maximum atomic E-state index is 12.4. The van der Waals surface area contributed by atoms with E-state index in [-0.39, 0.29) is 17.7 Å². The molecule has 1 aliphatic heterocycles. The number of amides is 1. The van der Waals surface area contributed by atoms with Crippen molar-refractivity contribution in [3.63, 3.8) is 0 Å². The lowest BCUT2D eigenvalue weighted by Crippen LogP contribution is -2.50. The second-order valence-corrected chi connectivity index (χ2v) is 5.56. The van der Waals surface area contributed by atoms with Crippen molar-refractivity contribution in [3.05, 3.63) is 22.5 Å². The molecule has 2 heterocycles. The molecule has 1 amide bonds. The standard InChI is InChI=1S/C14H20N2O4/c1-7-10(8(2)15-11(7)13(18)19)12(17)16-14(4)5-6-20-9(14)3/h9,15H,5-6H2,1-4H3,(H,16,17)(H,18,19). The third kappa shape index (κ3) is 2.31. The van der Waals surface area contributed by atoms with Gasteiger partial charge >= 0.3 is 5.97 Å². The van der Waals surface area contributed by atoms with E-state index < -0.39 is 11.5 Å². The fraction of sp³-hybridized carbons (Fsp3) is 0.571. The van der Waals surface area contributed by atoms with Crippen molar-refractivity contribution in [3.8, 4) is 0 Å². The molecule has 6 heteroatoms. The van der Waals surface area contributed by atoms with Crippen LogP contribution in [0.15, 0.2) is 0 Å². The van der Waals surface area contributed by atoms with Crippen molar-refractivity contribution >= 4 is 11.9 Å². The number of aromatic amines is 1. The quantitative estimate of drug-likeness (QED) is 0.784. The zero-order valence-electron chi connectivity index (χ0n) is 12.2. The number of carbonyl (C=O) groups is 2. The van der Waals surface area contributed by atoms with Crippen LogP contribution in [-0.4, -0.2) is 40.2 Å². The number of carboxylic acid groups (broad SMARTS) is 1. The minimum Gasteiger partial charge on any atom is -0.477 e. The van der Waals surface area contributed by atoms with Gasteiger partial charge in [-0.05, 0) is 39.7 Å². The Kier molecular flexibility index (Phi) is 3.60. The van der Waals surface area contributed by atoms with Gasteiger partial charge in [0, 0.05) is 12.3 Å². The normalized spacial score (nSPS) is 25.7. The Morgan fingerprint density at radius 2 is 2.10 bits per heavy atom. The van der Waals surface area contributed by atoms with Gasteiger partial charge in [0.05, 0.1) is 17.2 Å². The lowest BCUT2D eigenvalue weighted by Gasteiger charge is -2.29. The fourth-order valence-electron chi connectivity index (χ4n) is 2.63. The van der Waals surface area contributed by atoms with Crippen molar-refractivity contribution in [2.24, 2.45) is 0 Å². The van der Waals surface area contributed by atoms with Crippen LogP contribution in [0.1, 0.15) is 52.4 Å². The monoisotopic (exact) mass is 280 g/mol. The summed E-state index contributed by atoms with van der Waals surface area (Å²) in [5.74, 6) is -1.32. The second-order valence-electron chi connectivity index (χ2n) is 5.56. The largest absolute Gasteiger partial charge is 0.477 e. The van der Waals surface area contributed by atoms with Crippen LogP contribution in [0, 0.1) is 13.8 Å². The molecule has 20 heavy (non-hydrogen) atoms. The number of aromatic nitrogens is 1. The summed E-state index contributed by atoms with van der Waals surface area (Å²) < 4.78 is 5.49. The first kappa shape index (κ1) is 14.6. The molecule has 0 aliphatic carbocycles. The summed E-state index contributed by atoms with van der Waals surface area (Å²) in [5.41, 5.74) is 1.07. The predicted octanol–water partition coefficient (Wildman–Crippen LogP) is 1.63. The topological polar surface area (TPSA) is 91.4 Å². The highest BCUT2D eigenvalue weighted by Crippen LogP contribution is 2.26. The van der Waals surface area contributed by atoms with Gasteiger partial charge in [0.2, 0.25) is 0 Å². The maximum absolute atomic E-state index is 12.4. The molecule has 3 N–H and O–H groups in total. The lowest BCUT2D eigenvalue weighted by atomic mass is 9.94. The fourth-order valence-corrected chi connectivity index (χ4v) is 2.63. The van der Waals surface area contributed by atoms with Crippen LogP contribution in [0.25, 0.3) is 0 Å². The summed E-state index contributed by atoms with van der Waals surface area (Å²) in [6.07, 6.45) is 0.679. The Hall–Kier alpha value is -1.82. The van der Waals surface area contributed by atoms with Crippen LogP contribution in [0.2, 0.25) is 0 Å². The minimum absolute atomic E-state index is 0.0634. The van der Waals surface area contributed by atoms with Crippen LogP contribution >= 0.6 is 0 Å². The van der Waals surface area contributed by atoms with Gasteiger partial charge in [-0.15, -0.1) is 0 Å². The molecule has 110 valence electrons. The third-order valence-electron chi connectivity index (χ3n) is 4.16. The maximum Gasteiger partial charge on any atom is 0.352 e. The molecular formula is C14H20N2O4. The molecule has 0 saturated carbocycles. The number of nitrogens with one attached hydrogen (secondary N) is 2. The average Bonchev–Trinajstić information content (AvgIpc) is 2.80. The number of carbonyl (C=O) groups excluding carboxylic acids is 1. The van der Waals surface area contributed by atoms with Gasteiger partial charge in [-0.25, -0.2) is 4.79 Å². The smallest absolute Gasteiger partial charge is 0.352 e. The van der Waals surface area contributed by atoms with Gasteiger partial charge < -0.3 is 20.1 Å².